The Hall–Kier alpha value is -2.50. The number of benzene rings is 3. The van der Waals surface area contributed by atoms with E-state index in [1.54, 1.807) is 42.2 Å². The Balaban J connectivity index is 0.00000523. The molecule has 0 saturated carbocycles. The number of carbonyl (C=O) groups excluding carboxylic acids is 1. The van der Waals surface area contributed by atoms with Gasteiger partial charge in [-0.3, -0.25) is 20.3 Å². The summed E-state index contributed by atoms with van der Waals surface area (Å²) in [6.45, 7) is 5.20. The predicted molar refractivity (Wildman–Crippen MR) is 204 cm³/mol. The molecule has 2 N–H and O–H groups in total. The van der Waals surface area contributed by atoms with Gasteiger partial charge in [0.15, 0.2) is 5.66 Å². The smallest absolute Gasteiger partial charge is 0.262 e. The lowest BCUT2D eigenvalue weighted by atomic mass is 9.95. The number of nitrogens with one attached hydrogen (secondary N) is 2. The van der Waals surface area contributed by atoms with Crippen LogP contribution in [0.25, 0.3) is 0 Å². The topological polar surface area (TPSA) is 138 Å². The van der Waals surface area contributed by atoms with Crippen molar-refractivity contribution in [2.45, 2.75) is 29.6 Å². The highest BCUT2D eigenvalue weighted by molar-refractivity contribution is 7.90. The van der Waals surface area contributed by atoms with Crippen LogP contribution in [-0.4, -0.2) is 114 Å². The van der Waals surface area contributed by atoms with E-state index in [-0.39, 0.29) is 54.4 Å². The van der Waals surface area contributed by atoms with Crippen LogP contribution in [0.1, 0.15) is 35.7 Å². The van der Waals surface area contributed by atoms with Gasteiger partial charge in [-0.15, -0.1) is 12.4 Å². The van der Waals surface area contributed by atoms with E-state index < -0.39 is 37.6 Å². The molecule has 17 heteroatoms. The van der Waals surface area contributed by atoms with Gasteiger partial charge in [0.05, 0.1) is 42.6 Å². The Labute approximate surface area is 322 Å². The third kappa shape index (κ3) is 8.89. The number of carbonyl (C=O) groups is 1. The van der Waals surface area contributed by atoms with Gasteiger partial charge in [0, 0.05) is 73.7 Å². The maximum atomic E-state index is 15.1. The van der Waals surface area contributed by atoms with Gasteiger partial charge in [0.25, 0.3) is 5.91 Å². The lowest BCUT2D eigenvalue weighted by Gasteiger charge is -2.40. The zero-order valence-corrected chi connectivity index (χ0v) is 32.9. The van der Waals surface area contributed by atoms with Gasteiger partial charge >= 0.3 is 0 Å². The Morgan fingerprint density at radius 3 is 1.88 bits per heavy atom. The standard InChI is InChI=1S/C35H43Cl2N5O7S2.ClH/c1-3-49-31-24-29(51(46,47)42-18-21-48-22-19-42)12-13-30(31)35(34(43)41-16-14-40(15-17-41)20-23-50(2,44)45)38-32(25-4-8-27(36)9-5-25)33(39-35)26-6-10-28(37)11-7-26;/h4-13,24,32-33,38-39H,3,14-23H2,1-2H3;1H/t32-,33+,35?;. The minimum atomic E-state index is -3.88. The van der Waals surface area contributed by atoms with Gasteiger partial charge in [-0.2, -0.15) is 4.31 Å². The quantitative estimate of drug-likeness (QED) is 0.294. The summed E-state index contributed by atoms with van der Waals surface area (Å²) in [6.07, 6.45) is 1.22. The summed E-state index contributed by atoms with van der Waals surface area (Å²) < 4.78 is 64.1. The number of piperazine rings is 1. The molecule has 12 nitrogen and oxygen atoms in total. The minimum Gasteiger partial charge on any atom is -0.493 e. The van der Waals surface area contributed by atoms with E-state index >= 15 is 4.79 Å². The summed E-state index contributed by atoms with van der Waals surface area (Å²) in [5.74, 6) is 0.0146. The number of amides is 1. The molecule has 3 atom stereocenters. The third-order valence-corrected chi connectivity index (χ3v) is 12.9. The van der Waals surface area contributed by atoms with Crippen LogP contribution in [0.4, 0.5) is 0 Å². The van der Waals surface area contributed by atoms with E-state index in [0.29, 0.717) is 61.5 Å². The summed E-state index contributed by atoms with van der Waals surface area (Å²) >= 11 is 12.6. The lowest BCUT2D eigenvalue weighted by Crippen LogP contribution is -2.62. The third-order valence-electron chi connectivity index (χ3n) is 9.56. The molecule has 1 amide bonds. The summed E-state index contributed by atoms with van der Waals surface area (Å²) in [6, 6.07) is 18.6. The summed E-state index contributed by atoms with van der Waals surface area (Å²) in [5.41, 5.74) is 0.605. The maximum absolute atomic E-state index is 15.1. The number of sulfonamides is 1. The second-order valence-corrected chi connectivity index (χ2v) is 18.0. The second kappa shape index (κ2) is 16.9. The minimum absolute atomic E-state index is 0. The Morgan fingerprint density at radius 2 is 1.38 bits per heavy atom. The predicted octanol–water partition coefficient (Wildman–Crippen LogP) is 3.85. The van der Waals surface area contributed by atoms with Gasteiger partial charge < -0.3 is 14.4 Å². The maximum Gasteiger partial charge on any atom is 0.262 e. The van der Waals surface area contributed by atoms with Gasteiger partial charge in [0.2, 0.25) is 10.0 Å². The van der Waals surface area contributed by atoms with Crippen LogP contribution >= 0.6 is 35.6 Å². The molecule has 0 aliphatic carbocycles. The van der Waals surface area contributed by atoms with E-state index in [1.807, 2.05) is 29.2 Å². The number of hydrogen-bond donors (Lipinski definition) is 2. The normalized spacial score (nSPS) is 23.3. The molecule has 284 valence electrons. The van der Waals surface area contributed by atoms with Gasteiger partial charge in [-0.05, 0) is 48.4 Å². The first-order valence-corrected chi connectivity index (χ1v) is 21.2. The fourth-order valence-corrected chi connectivity index (χ4v) is 9.12. The van der Waals surface area contributed by atoms with Crippen molar-refractivity contribution in [2.75, 3.05) is 77.6 Å². The molecule has 0 aromatic heterocycles. The van der Waals surface area contributed by atoms with Crippen molar-refractivity contribution in [2.24, 2.45) is 0 Å². The van der Waals surface area contributed by atoms with Crippen molar-refractivity contribution in [3.63, 3.8) is 0 Å². The van der Waals surface area contributed by atoms with E-state index in [9.17, 15) is 16.8 Å². The highest BCUT2D eigenvalue weighted by atomic mass is 35.5. The monoisotopic (exact) mass is 815 g/mol. The highest BCUT2D eigenvalue weighted by Gasteiger charge is 2.54. The Morgan fingerprint density at radius 1 is 0.846 bits per heavy atom. The molecule has 0 radical (unpaired) electrons. The molecule has 52 heavy (non-hydrogen) atoms. The summed E-state index contributed by atoms with van der Waals surface area (Å²) in [5, 5.41) is 8.47. The molecule has 3 fully saturated rings. The Bertz CT molecular complexity index is 1870. The molecule has 3 aliphatic heterocycles. The van der Waals surface area contributed by atoms with Gasteiger partial charge in [0.1, 0.15) is 15.6 Å². The van der Waals surface area contributed by atoms with Crippen molar-refractivity contribution < 1.29 is 31.1 Å². The van der Waals surface area contributed by atoms with Crippen LogP contribution in [-0.2, 0) is 35.1 Å². The zero-order valence-electron chi connectivity index (χ0n) is 29.0. The molecule has 3 heterocycles. The number of nitrogens with zero attached hydrogens (tertiary/aromatic N) is 3. The molecule has 3 aliphatic rings. The van der Waals surface area contributed by atoms with E-state index in [4.69, 9.17) is 32.7 Å². The number of rotatable bonds is 11. The molecular formula is C35H44Cl3N5O7S2. The molecule has 1 unspecified atom stereocenters. The van der Waals surface area contributed by atoms with Crippen LogP contribution < -0.4 is 15.4 Å². The zero-order chi connectivity index (χ0) is 36.4. The largest absolute Gasteiger partial charge is 0.493 e. The average molecular weight is 817 g/mol. The van der Waals surface area contributed by atoms with Crippen LogP contribution in [0, 0.1) is 0 Å². The molecule has 6 rings (SSSR count). The van der Waals surface area contributed by atoms with Crippen molar-refractivity contribution in [1.29, 1.82) is 0 Å². The van der Waals surface area contributed by atoms with Crippen molar-refractivity contribution in [3.05, 3.63) is 93.5 Å². The number of morpholine rings is 1. The number of sulfone groups is 1. The summed E-state index contributed by atoms with van der Waals surface area (Å²) in [4.78, 5) is 19.0. The van der Waals surface area contributed by atoms with Crippen LogP contribution in [0.2, 0.25) is 10.0 Å². The fraction of sp³-hybridized carbons (Fsp3) is 0.457. The summed E-state index contributed by atoms with van der Waals surface area (Å²) in [7, 11) is -7.02. The van der Waals surface area contributed by atoms with E-state index in [0.717, 1.165) is 11.1 Å². The molecule has 0 spiro atoms. The molecule has 3 aromatic carbocycles. The number of halogens is 3. The van der Waals surface area contributed by atoms with Crippen LogP contribution in [0.5, 0.6) is 5.75 Å². The molecule has 3 aromatic rings. The van der Waals surface area contributed by atoms with E-state index in [1.165, 1.54) is 22.7 Å². The number of hydrogen-bond acceptors (Lipinski definition) is 10. The van der Waals surface area contributed by atoms with Gasteiger partial charge in [-0.1, -0.05) is 53.5 Å². The second-order valence-electron chi connectivity index (χ2n) is 13.0. The first kappa shape index (κ1) is 40.7. The first-order chi connectivity index (χ1) is 24.3. The lowest BCUT2D eigenvalue weighted by molar-refractivity contribution is -0.141. The van der Waals surface area contributed by atoms with Crippen LogP contribution in [0.15, 0.2) is 71.6 Å². The molecule has 0 bridgehead atoms. The van der Waals surface area contributed by atoms with Crippen molar-refractivity contribution in [1.82, 2.24) is 24.7 Å². The first-order valence-electron chi connectivity index (χ1n) is 16.9. The molecular weight excluding hydrogens is 773 g/mol. The van der Waals surface area contributed by atoms with Crippen molar-refractivity contribution >= 4 is 61.4 Å². The van der Waals surface area contributed by atoms with Crippen LogP contribution in [0.3, 0.4) is 0 Å². The van der Waals surface area contributed by atoms with E-state index in [2.05, 4.69) is 10.6 Å². The fourth-order valence-electron chi connectivity index (χ4n) is 6.85. The molecule has 3 saturated heterocycles. The van der Waals surface area contributed by atoms with Crippen molar-refractivity contribution in [3.8, 4) is 5.75 Å². The van der Waals surface area contributed by atoms with Gasteiger partial charge in [-0.25, -0.2) is 16.8 Å². The highest BCUT2D eigenvalue weighted by Crippen LogP contribution is 2.45. The SMILES string of the molecule is CCOc1cc(S(=O)(=O)N2CCOCC2)ccc1C1(C(=O)N2CCN(CCS(C)(=O)=O)CC2)N[C@H](c2ccc(Cl)cc2)[C@H](c2ccc(Cl)cc2)N1.Cl. The average Bonchev–Trinajstić information content (AvgIpc) is 3.53. The Kier molecular flexibility index (Phi) is 13.2. The number of ether oxygens (including phenoxy) is 2.